The number of rotatable bonds is 5. The first-order valence-electron chi connectivity index (χ1n) is 9.71. The van der Waals surface area contributed by atoms with Gasteiger partial charge in [-0.15, -0.1) is 11.3 Å². The van der Waals surface area contributed by atoms with E-state index in [1.54, 1.807) is 24.4 Å². The van der Waals surface area contributed by atoms with Gasteiger partial charge in [0.15, 0.2) is 4.96 Å². The fraction of sp³-hybridized carbons (Fsp3) is 0.381. The molecular weight excluding hydrogens is 410 g/mol. The average Bonchev–Trinajstić information content (AvgIpc) is 3.09. The van der Waals surface area contributed by atoms with Gasteiger partial charge in [0.1, 0.15) is 12.4 Å². The standard InChI is InChI=1S/C21H22ClN3O3S/c1-13-11-25-19(26)10-16(23-21(25)29-13)12-28-18-8-7-15(22)9-17(18)24-20(27)14-5-3-2-4-6-14/h7-11,14H,2-6,12H2,1H3,(H,24,27). The van der Waals surface area contributed by atoms with E-state index in [0.717, 1.165) is 30.6 Å². The number of nitrogens with one attached hydrogen (secondary N) is 1. The lowest BCUT2D eigenvalue weighted by Gasteiger charge is -2.21. The molecule has 0 unspecified atom stereocenters. The molecule has 1 saturated carbocycles. The first-order valence-corrected chi connectivity index (χ1v) is 10.9. The number of halogens is 1. The highest BCUT2D eigenvalue weighted by Crippen LogP contribution is 2.31. The van der Waals surface area contributed by atoms with Gasteiger partial charge in [0.2, 0.25) is 5.91 Å². The summed E-state index contributed by atoms with van der Waals surface area (Å²) in [6.07, 6.45) is 6.97. The molecule has 0 spiro atoms. The molecule has 8 heteroatoms. The average molecular weight is 432 g/mol. The second-order valence-corrected chi connectivity index (χ2v) is 8.98. The Kier molecular flexibility index (Phi) is 5.87. The third-order valence-electron chi connectivity index (χ3n) is 5.09. The van der Waals surface area contributed by atoms with Gasteiger partial charge in [-0.1, -0.05) is 30.9 Å². The van der Waals surface area contributed by atoms with E-state index in [2.05, 4.69) is 10.3 Å². The summed E-state index contributed by atoms with van der Waals surface area (Å²) in [4.78, 5) is 31.0. The third-order valence-corrected chi connectivity index (χ3v) is 6.22. The molecule has 3 aromatic rings. The molecular formula is C21H22ClN3O3S. The minimum absolute atomic E-state index is 0.00339. The van der Waals surface area contributed by atoms with Crippen LogP contribution in [0.2, 0.25) is 5.02 Å². The maximum atomic E-state index is 12.6. The smallest absolute Gasteiger partial charge is 0.258 e. The van der Waals surface area contributed by atoms with Crippen molar-refractivity contribution in [2.24, 2.45) is 5.92 Å². The summed E-state index contributed by atoms with van der Waals surface area (Å²) in [5, 5.41) is 3.49. The highest BCUT2D eigenvalue weighted by Gasteiger charge is 2.22. The van der Waals surface area contributed by atoms with Crippen molar-refractivity contribution in [3.05, 3.63) is 56.4 Å². The van der Waals surface area contributed by atoms with Crippen molar-refractivity contribution in [2.75, 3.05) is 5.32 Å². The third kappa shape index (κ3) is 4.62. The summed E-state index contributed by atoms with van der Waals surface area (Å²) in [6, 6.07) is 6.59. The topological polar surface area (TPSA) is 72.7 Å². The van der Waals surface area contributed by atoms with E-state index >= 15 is 0 Å². The van der Waals surface area contributed by atoms with Crippen LogP contribution in [-0.4, -0.2) is 15.3 Å². The zero-order valence-electron chi connectivity index (χ0n) is 16.1. The molecule has 152 valence electrons. The number of carbonyl (C=O) groups is 1. The minimum atomic E-state index is -0.139. The Bertz CT molecular complexity index is 1100. The van der Waals surface area contributed by atoms with Crippen LogP contribution in [-0.2, 0) is 11.4 Å². The molecule has 0 aliphatic heterocycles. The molecule has 0 saturated heterocycles. The van der Waals surface area contributed by atoms with E-state index in [0.29, 0.717) is 27.1 Å². The second-order valence-electron chi connectivity index (χ2n) is 7.33. The summed E-state index contributed by atoms with van der Waals surface area (Å²) in [5.74, 6) is 0.536. The predicted octanol–water partition coefficient (Wildman–Crippen LogP) is 4.82. The highest BCUT2D eigenvalue weighted by molar-refractivity contribution is 7.16. The number of ether oxygens (including phenoxy) is 1. The molecule has 0 bridgehead atoms. The number of benzene rings is 1. The minimum Gasteiger partial charge on any atom is -0.485 e. The van der Waals surface area contributed by atoms with Gasteiger partial charge < -0.3 is 10.1 Å². The number of hydrogen-bond acceptors (Lipinski definition) is 5. The van der Waals surface area contributed by atoms with E-state index in [4.69, 9.17) is 16.3 Å². The molecule has 1 aliphatic carbocycles. The first-order chi connectivity index (χ1) is 14.0. The number of nitrogens with zero attached hydrogens (tertiary/aromatic N) is 2. The normalized spacial score (nSPS) is 14.8. The number of anilines is 1. The Morgan fingerprint density at radius 1 is 1.31 bits per heavy atom. The summed E-state index contributed by atoms with van der Waals surface area (Å²) >= 11 is 7.58. The molecule has 0 atom stereocenters. The Labute approximate surface area is 177 Å². The molecule has 29 heavy (non-hydrogen) atoms. The van der Waals surface area contributed by atoms with E-state index in [1.807, 2.05) is 6.92 Å². The second kappa shape index (κ2) is 8.55. The van der Waals surface area contributed by atoms with Crippen molar-refractivity contribution in [2.45, 2.75) is 45.6 Å². The maximum Gasteiger partial charge on any atom is 0.258 e. The Hall–Kier alpha value is -2.38. The zero-order valence-corrected chi connectivity index (χ0v) is 17.7. The molecule has 2 aromatic heterocycles. The summed E-state index contributed by atoms with van der Waals surface area (Å²) in [6.45, 7) is 2.06. The van der Waals surface area contributed by atoms with Gasteiger partial charge >= 0.3 is 0 Å². The quantitative estimate of drug-likeness (QED) is 0.628. The molecule has 1 amide bonds. The monoisotopic (exact) mass is 431 g/mol. The molecule has 1 aromatic carbocycles. The van der Waals surface area contributed by atoms with Gasteiger partial charge in [0.05, 0.1) is 11.4 Å². The van der Waals surface area contributed by atoms with Crippen LogP contribution in [0.3, 0.4) is 0 Å². The Morgan fingerprint density at radius 3 is 2.90 bits per heavy atom. The maximum absolute atomic E-state index is 12.6. The predicted molar refractivity (Wildman–Crippen MR) is 115 cm³/mol. The SMILES string of the molecule is Cc1cn2c(=O)cc(COc3ccc(Cl)cc3NC(=O)C3CCCCC3)nc2s1. The first kappa shape index (κ1) is 19.9. The van der Waals surface area contributed by atoms with Gasteiger partial charge in [-0.2, -0.15) is 0 Å². The molecule has 1 N–H and O–H groups in total. The van der Waals surface area contributed by atoms with Crippen molar-refractivity contribution >= 4 is 39.5 Å². The number of aryl methyl sites for hydroxylation is 1. The Morgan fingerprint density at radius 2 is 2.10 bits per heavy atom. The Balaban J connectivity index is 1.51. The number of amides is 1. The van der Waals surface area contributed by atoms with Crippen molar-refractivity contribution < 1.29 is 9.53 Å². The van der Waals surface area contributed by atoms with E-state index in [-0.39, 0.29) is 24.0 Å². The molecule has 6 nitrogen and oxygen atoms in total. The number of hydrogen-bond donors (Lipinski definition) is 1. The van der Waals surface area contributed by atoms with Gasteiger partial charge in [-0.05, 0) is 38.0 Å². The van der Waals surface area contributed by atoms with Gasteiger partial charge in [0, 0.05) is 28.1 Å². The number of thiazole rings is 1. The van der Waals surface area contributed by atoms with Gasteiger partial charge in [-0.3, -0.25) is 14.0 Å². The summed E-state index contributed by atoms with van der Waals surface area (Å²) in [5.41, 5.74) is 0.939. The lowest BCUT2D eigenvalue weighted by atomic mass is 9.88. The molecule has 1 fully saturated rings. The van der Waals surface area contributed by atoms with Crippen LogP contribution in [0.25, 0.3) is 4.96 Å². The number of aromatic nitrogens is 2. The van der Waals surface area contributed by atoms with Crippen molar-refractivity contribution in [3.8, 4) is 5.75 Å². The molecule has 0 radical (unpaired) electrons. The van der Waals surface area contributed by atoms with Crippen LogP contribution < -0.4 is 15.6 Å². The lowest BCUT2D eigenvalue weighted by Crippen LogP contribution is -2.25. The van der Waals surface area contributed by atoms with Gasteiger partial charge in [0.25, 0.3) is 5.56 Å². The van der Waals surface area contributed by atoms with Crippen molar-refractivity contribution in [1.29, 1.82) is 0 Å². The van der Waals surface area contributed by atoms with Crippen LogP contribution >= 0.6 is 22.9 Å². The largest absolute Gasteiger partial charge is 0.485 e. The summed E-state index contributed by atoms with van der Waals surface area (Å²) < 4.78 is 7.43. The van der Waals surface area contributed by atoms with Crippen molar-refractivity contribution in [1.82, 2.24) is 9.38 Å². The fourth-order valence-electron chi connectivity index (χ4n) is 3.61. The molecule has 4 rings (SSSR count). The lowest BCUT2D eigenvalue weighted by molar-refractivity contribution is -0.120. The van der Waals surface area contributed by atoms with Crippen LogP contribution in [0, 0.1) is 12.8 Å². The van der Waals surface area contributed by atoms with Crippen LogP contribution in [0.15, 0.2) is 35.3 Å². The fourth-order valence-corrected chi connectivity index (χ4v) is 4.63. The van der Waals surface area contributed by atoms with Crippen LogP contribution in [0.5, 0.6) is 5.75 Å². The molecule has 1 aliphatic rings. The highest BCUT2D eigenvalue weighted by atomic mass is 35.5. The van der Waals surface area contributed by atoms with Gasteiger partial charge in [-0.25, -0.2) is 4.98 Å². The summed E-state index contributed by atoms with van der Waals surface area (Å²) in [7, 11) is 0. The van der Waals surface area contributed by atoms with E-state index in [9.17, 15) is 9.59 Å². The van der Waals surface area contributed by atoms with Crippen molar-refractivity contribution in [3.63, 3.8) is 0 Å². The number of fused-ring (bicyclic) bond motifs is 1. The zero-order chi connectivity index (χ0) is 20.4. The number of carbonyl (C=O) groups excluding carboxylic acids is 1. The van der Waals surface area contributed by atoms with E-state index < -0.39 is 0 Å². The molecule has 2 heterocycles. The van der Waals surface area contributed by atoms with Crippen LogP contribution in [0.1, 0.15) is 42.7 Å². The van der Waals surface area contributed by atoms with Crippen LogP contribution in [0.4, 0.5) is 5.69 Å². The van der Waals surface area contributed by atoms with E-state index in [1.165, 1.54) is 28.2 Å².